The van der Waals surface area contributed by atoms with E-state index in [1.807, 2.05) is 38.1 Å². The third kappa shape index (κ3) is 6.50. The van der Waals surface area contributed by atoms with Crippen LogP contribution in [0.4, 0.5) is 5.69 Å². The van der Waals surface area contributed by atoms with Gasteiger partial charge in [-0.1, -0.05) is 13.8 Å². The molecule has 1 N–H and O–H groups in total. The number of benzene rings is 1. The number of anilines is 1. The smallest absolute Gasteiger partial charge is 0.119 e. The second-order valence-electron chi connectivity index (χ2n) is 5.09. The predicted octanol–water partition coefficient (Wildman–Crippen LogP) is 3.56. The summed E-state index contributed by atoms with van der Waals surface area (Å²) in [6.45, 7) is 10.8. The summed E-state index contributed by atoms with van der Waals surface area (Å²) < 4.78 is 11.1. The van der Waals surface area contributed by atoms with Gasteiger partial charge in [-0.2, -0.15) is 0 Å². The van der Waals surface area contributed by atoms with Gasteiger partial charge in [0.25, 0.3) is 0 Å². The van der Waals surface area contributed by atoms with E-state index in [0.29, 0.717) is 5.92 Å². The van der Waals surface area contributed by atoms with Crippen molar-refractivity contribution < 1.29 is 9.47 Å². The molecule has 0 fully saturated rings. The zero-order valence-corrected chi connectivity index (χ0v) is 11.9. The van der Waals surface area contributed by atoms with Gasteiger partial charge in [0, 0.05) is 18.8 Å². The van der Waals surface area contributed by atoms with E-state index in [1.54, 1.807) is 0 Å². The molecule has 0 radical (unpaired) electrons. The largest absolute Gasteiger partial charge is 0.491 e. The summed E-state index contributed by atoms with van der Waals surface area (Å²) in [4.78, 5) is 0. The van der Waals surface area contributed by atoms with Gasteiger partial charge in [-0.15, -0.1) is 0 Å². The van der Waals surface area contributed by atoms with E-state index in [-0.39, 0.29) is 6.10 Å². The summed E-state index contributed by atoms with van der Waals surface area (Å²) in [6.07, 6.45) is 0.216. The van der Waals surface area contributed by atoms with E-state index in [0.717, 1.165) is 31.2 Å². The lowest BCUT2D eigenvalue weighted by molar-refractivity contribution is 0.118. The van der Waals surface area contributed by atoms with Gasteiger partial charge >= 0.3 is 0 Å². The number of ether oxygens (including phenoxy) is 2. The number of hydrogen-bond donors (Lipinski definition) is 1. The Labute approximate surface area is 110 Å². The summed E-state index contributed by atoms with van der Waals surface area (Å²) in [5.74, 6) is 1.50. The van der Waals surface area contributed by atoms with Gasteiger partial charge in [0.2, 0.25) is 0 Å². The molecule has 0 saturated carbocycles. The van der Waals surface area contributed by atoms with Crippen LogP contribution in [0.25, 0.3) is 0 Å². The minimum Gasteiger partial charge on any atom is -0.491 e. The van der Waals surface area contributed by atoms with Crippen molar-refractivity contribution in [1.29, 1.82) is 0 Å². The first-order chi connectivity index (χ1) is 8.58. The second kappa shape index (κ2) is 7.98. The Morgan fingerprint density at radius 1 is 1.06 bits per heavy atom. The van der Waals surface area contributed by atoms with Crippen LogP contribution in [-0.4, -0.2) is 25.9 Å². The Hall–Kier alpha value is -1.22. The second-order valence-corrected chi connectivity index (χ2v) is 5.09. The topological polar surface area (TPSA) is 30.5 Å². The quantitative estimate of drug-likeness (QED) is 0.717. The summed E-state index contributed by atoms with van der Waals surface area (Å²) in [6, 6.07) is 8.02. The van der Waals surface area contributed by atoms with Gasteiger partial charge in [0.15, 0.2) is 0 Å². The van der Waals surface area contributed by atoms with Crippen LogP contribution in [0.5, 0.6) is 5.75 Å². The lowest BCUT2D eigenvalue weighted by Crippen LogP contribution is -2.12. The molecular weight excluding hydrogens is 226 g/mol. The van der Waals surface area contributed by atoms with Crippen LogP contribution in [-0.2, 0) is 4.74 Å². The van der Waals surface area contributed by atoms with Crippen molar-refractivity contribution in [2.24, 2.45) is 5.92 Å². The van der Waals surface area contributed by atoms with Crippen LogP contribution in [0, 0.1) is 5.92 Å². The van der Waals surface area contributed by atoms with Crippen molar-refractivity contribution in [1.82, 2.24) is 0 Å². The Kier molecular flexibility index (Phi) is 6.58. The molecule has 18 heavy (non-hydrogen) atoms. The van der Waals surface area contributed by atoms with E-state index >= 15 is 0 Å². The highest BCUT2D eigenvalue weighted by Gasteiger charge is 1.98. The molecule has 0 amide bonds. The van der Waals surface area contributed by atoms with Crippen LogP contribution in [0.2, 0.25) is 0 Å². The van der Waals surface area contributed by atoms with Crippen molar-refractivity contribution in [3.05, 3.63) is 24.3 Å². The predicted molar refractivity (Wildman–Crippen MR) is 76.4 cm³/mol. The number of hydrogen-bond acceptors (Lipinski definition) is 3. The van der Waals surface area contributed by atoms with Crippen molar-refractivity contribution in [2.45, 2.75) is 33.8 Å². The van der Waals surface area contributed by atoms with Gasteiger partial charge in [0.1, 0.15) is 5.75 Å². The van der Waals surface area contributed by atoms with Crippen molar-refractivity contribution in [3.8, 4) is 5.75 Å². The molecule has 102 valence electrons. The molecule has 1 aromatic carbocycles. The fraction of sp³-hybridized carbons (Fsp3) is 0.600. The highest BCUT2D eigenvalue weighted by atomic mass is 16.5. The van der Waals surface area contributed by atoms with Crippen molar-refractivity contribution in [3.63, 3.8) is 0 Å². The maximum absolute atomic E-state index is 5.59. The molecule has 0 aliphatic carbocycles. The van der Waals surface area contributed by atoms with Crippen LogP contribution >= 0.6 is 0 Å². The van der Waals surface area contributed by atoms with Crippen LogP contribution in [0.3, 0.4) is 0 Å². The minimum absolute atomic E-state index is 0.216. The van der Waals surface area contributed by atoms with Gasteiger partial charge < -0.3 is 14.8 Å². The van der Waals surface area contributed by atoms with Crippen LogP contribution in [0.1, 0.15) is 27.7 Å². The summed E-state index contributed by atoms with van der Waals surface area (Å²) >= 11 is 0. The molecule has 1 rings (SSSR count). The fourth-order valence-corrected chi connectivity index (χ4v) is 1.51. The normalized spacial score (nSPS) is 11.0. The third-order valence-corrected chi connectivity index (χ3v) is 2.25. The van der Waals surface area contributed by atoms with Gasteiger partial charge in [0.05, 0.1) is 12.7 Å². The summed E-state index contributed by atoms with van der Waals surface area (Å²) in [5.41, 5.74) is 1.10. The highest BCUT2D eigenvalue weighted by Crippen LogP contribution is 2.16. The molecular formula is C15H25NO2. The van der Waals surface area contributed by atoms with Crippen LogP contribution < -0.4 is 10.1 Å². The fourth-order valence-electron chi connectivity index (χ4n) is 1.51. The third-order valence-electron chi connectivity index (χ3n) is 2.25. The van der Waals surface area contributed by atoms with E-state index in [1.165, 1.54) is 0 Å². The molecule has 0 unspecified atom stereocenters. The lowest BCUT2D eigenvalue weighted by atomic mass is 10.2. The zero-order chi connectivity index (χ0) is 13.4. The lowest BCUT2D eigenvalue weighted by Gasteiger charge is -2.11. The number of rotatable bonds is 8. The molecule has 0 aromatic heterocycles. The monoisotopic (exact) mass is 251 g/mol. The molecule has 3 nitrogen and oxygen atoms in total. The minimum atomic E-state index is 0.216. The maximum Gasteiger partial charge on any atom is 0.119 e. The first kappa shape index (κ1) is 14.8. The van der Waals surface area contributed by atoms with E-state index in [4.69, 9.17) is 9.47 Å². The molecule has 0 saturated heterocycles. The average Bonchev–Trinajstić information content (AvgIpc) is 2.30. The summed E-state index contributed by atoms with van der Waals surface area (Å²) in [7, 11) is 0. The molecule has 3 heteroatoms. The molecule has 0 aliphatic heterocycles. The van der Waals surface area contributed by atoms with E-state index in [9.17, 15) is 0 Å². The number of nitrogens with one attached hydrogen (secondary N) is 1. The maximum atomic E-state index is 5.59. The highest BCUT2D eigenvalue weighted by molar-refractivity contribution is 5.46. The van der Waals surface area contributed by atoms with E-state index < -0.39 is 0 Å². The Morgan fingerprint density at radius 3 is 2.28 bits per heavy atom. The van der Waals surface area contributed by atoms with E-state index in [2.05, 4.69) is 19.2 Å². The molecule has 0 heterocycles. The van der Waals surface area contributed by atoms with Crippen molar-refractivity contribution in [2.75, 3.05) is 25.1 Å². The standard InChI is InChI=1S/C15H25NO2/c1-12(2)11-17-10-9-16-14-5-7-15(8-6-14)18-13(3)4/h5-8,12-13,16H,9-11H2,1-4H3. The Bertz CT molecular complexity index is 320. The molecule has 0 bridgehead atoms. The van der Waals surface area contributed by atoms with Crippen LogP contribution in [0.15, 0.2) is 24.3 Å². The Morgan fingerprint density at radius 2 is 1.72 bits per heavy atom. The average molecular weight is 251 g/mol. The van der Waals surface area contributed by atoms with Gasteiger partial charge in [-0.3, -0.25) is 0 Å². The molecule has 1 aromatic rings. The van der Waals surface area contributed by atoms with Gasteiger partial charge in [-0.25, -0.2) is 0 Å². The Balaban J connectivity index is 2.22. The van der Waals surface area contributed by atoms with Gasteiger partial charge in [-0.05, 0) is 44.0 Å². The molecule has 0 aliphatic rings. The molecule has 0 spiro atoms. The SMILES string of the molecule is CC(C)COCCNc1ccc(OC(C)C)cc1. The zero-order valence-electron chi connectivity index (χ0n) is 11.9. The first-order valence-electron chi connectivity index (χ1n) is 6.66. The van der Waals surface area contributed by atoms with Crippen molar-refractivity contribution >= 4 is 5.69 Å². The summed E-state index contributed by atoms with van der Waals surface area (Å²) in [5, 5.41) is 3.32. The first-order valence-corrected chi connectivity index (χ1v) is 6.66. The molecule has 0 atom stereocenters.